The summed E-state index contributed by atoms with van der Waals surface area (Å²) in [7, 11) is -1.30. The smallest absolute Gasteiger partial charge is 1.00 e. The summed E-state index contributed by atoms with van der Waals surface area (Å²) in [5, 5.41) is 4.75. The predicted molar refractivity (Wildman–Crippen MR) is 89.3 cm³/mol. The molecule has 1 aliphatic rings. The first-order valence-corrected chi connectivity index (χ1v) is 9.91. The van der Waals surface area contributed by atoms with Crippen LogP contribution in [0, 0.1) is 0 Å². The molecular formula is C19H19Cl3SiTi. The van der Waals surface area contributed by atoms with Gasteiger partial charge in [-0.1, -0.05) is 0 Å². The number of rotatable bonds is 3. The Bertz CT molecular complexity index is 672. The Balaban J connectivity index is 0.00000176. The Morgan fingerprint density at radius 3 is 1.50 bits per heavy atom. The van der Waals surface area contributed by atoms with Gasteiger partial charge in [0, 0.05) is 0 Å². The number of halogens is 3. The number of benzene rings is 2. The van der Waals surface area contributed by atoms with E-state index in [4.69, 9.17) is 0 Å². The van der Waals surface area contributed by atoms with Crippen molar-refractivity contribution in [3.05, 3.63) is 80.9 Å². The average molecular weight is 430 g/mol. The molecule has 1 aliphatic carbocycles. The van der Waals surface area contributed by atoms with E-state index in [-0.39, 0.29) is 37.2 Å². The van der Waals surface area contributed by atoms with Crippen LogP contribution in [-0.4, -0.2) is 8.80 Å². The van der Waals surface area contributed by atoms with Crippen molar-refractivity contribution < 1.29 is 57.7 Å². The van der Waals surface area contributed by atoms with Crippen LogP contribution in [0.5, 0.6) is 0 Å². The molecule has 0 saturated carbocycles. The van der Waals surface area contributed by atoms with Crippen molar-refractivity contribution >= 4 is 19.2 Å². The van der Waals surface area contributed by atoms with E-state index in [1.165, 1.54) is 26.2 Å². The molecule has 0 fully saturated rings. The minimum absolute atomic E-state index is 0. The summed E-state index contributed by atoms with van der Waals surface area (Å²) >= 11 is 2.28. The first-order chi connectivity index (χ1) is 10.2. The molecule has 24 heavy (non-hydrogen) atoms. The maximum Gasteiger partial charge on any atom is -1.00 e. The van der Waals surface area contributed by atoms with Gasteiger partial charge in [0.15, 0.2) is 0 Å². The van der Waals surface area contributed by atoms with Gasteiger partial charge in [0.05, 0.1) is 0 Å². The third kappa shape index (κ3) is 4.88. The molecule has 0 spiro atoms. The summed E-state index contributed by atoms with van der Waals surface area (Å²) in [5.41, 5.74) is 3.09. The summed E-state index contributed by atoms with van der Waals surface area (Å²) in [5.74, 6) is 0. The molecule has 0 saturated heterocycles. The van der Waals surface area contributed by atoms with Crippen LogP contribution < -0.4 is 47.6 Å². The van der Waals surface area contributed by atoms with Crippen molar-refractivity contribution in [2.45, 2.75) is 20.3 Å². The predicted octanol–water partition coefficient (Wildman–Crippen LogP) is -5.88. The molecule has 2 aromatic carbocycles. The second kappa shape index (κ2) is 10.7. The number of hydrogen-bond acceptors (Lipinski definition) is 0. The zero-order valence-corrected chi connectivity index (χ0v) is 18.7. The zero-order chi connectivity index (χ0) is 14.8. The molecule has 124 valence electrons. The first-order valence-electron chi connectivity index (χ1n) is 7.39. The molecule has 3 rings (SSSR count). The third-order valence-electron chi connectivity index (χ3n) is 4.35. The molecule has 0 bridgehead atoms. The van der Waals surface area contributed by atoms with Crippen molar-refractivity contribution in [1.82, 2.24) is 0 Å². The van der Waals surface area contributed by atoms with E-state index in [9.17, 15) is 0 Å². The fourth-order valence-electron chi connectivity index (χ4n) is 3.19. The largest absolute Gasteiger partial charge is 1.00 e. The van der Waals surface area contributed by atoms with E-state index in [0.29, 0.717) is 0 Å². The second-order valence-electron chi connectivity index (χ2n) is 5.74. The quantitative estimate of drug-likeness (QED) is 0.427. The van der Waals surface area contributed by atoms with Gasteiger partial charge >= 0.3 is 141 Å². The molecule has 0 radical (unpaired) electrons. The van der Waals surface area contributed by atoms with Crippen LogP contribution >= 0.6 is 0 Å². The van der Waals surface area contributed by atoms with Gasteiger partial charge < -0.3 is 37.2 Å². The molecule has 5 heteroatoms. The van der Waals surface area contributed by atoms with Crippen LogP contribution in [0.3, 0.4) is 0 Å². The summed E-state index contributed by atoms with van der Waals surface area (Å²) in [4.78, 5) is 0. The van der Waals surface area contributed by atoms with Crippen LogP contribution in [-0.2, 0) is 20.4 Å². The second-order valence-corrected chi connectivity index (χ2v) is 9.41. The van der Waals surface area contributed by atoms with Gasteiger partial charge in [0.25, 0.3) is 0 Å². The molecular weight excluding hydrogens is 411 g/mol. The Hall–Kier alpha value is -0.279. The fourth-order valence-corrected chi connectivity index (χ4v) is 7.30. The van der Waals surface area contributed by atoms with Crippen molar-refractivity contribution in [1.29, 1.82) is 0 Å². The van der Waals surface area contributed by atoms with Crippen LogP contribution in [0.25, 0.3) is 0 Å². The standard InChI is InChI=1S/C19H19Si.3ClH.Ti/c1-15-13-16(2)19(14-15)20(17-9-5-3-6-10-17)18-11-7-4-8-12-18;;;;/h3-12,20H,14H2,1-2H3;3*1H;/q;;;;+3/p-3. The summed E-state index contributed by atoms with van der Waals surface area (Å²) in [6.45, 7) is 4.60. The van der Waals surface area contributed by atoms with Crippen LogP contribution in [0.15, 0.2) is 80.9 Å². The van der Waals surface area contributed by atoms with E-state index in [1.54, 1.807) is 10.8 Å². The van der Waals surface area contributed by atoms with Crippen LogP contribution in [0.2, 0.25) is 0 Å². The first kappa shape index (κ1) is 23.7. The Kier molecular flexibility index (Phi) is 10.5. The topological polar surface area (TPSA) is 0 Å². The molecule has 0 aliphatic heterocycles. The van der Waals surface area contributed by atoms with Gasteiger partial charge in [-0.15, -0.1) is 0 Å². The van der Waals surface area contributed by atoms with Gasteiger partial charge in [-0.3, -0.25) is 0 Å². The van der Waals surface area contributed by atoms with E-state index >= 15 is 0 Å². The SMILES string of the molecule is CC1=[C]([Ti+3])C(C)=C([SiH](c2ccccc2)c2ccccc2)C1.[Cl-].[Cl-].[Cl-]. The van der Waals surface area contributed by atoms with Crippen molar-refractivity contribution in [2.75, 3.05) is 0 Å². The van der Waals surface area contributed by atoms with E-state index in [0.717, 1.165) is 0 Å². The molecule has 0 unspecified atom stereocenters. The van der Waals surface area contributed by atoms with Crippen molar-refractivity contribution in [3.63, 3.8) is 0 Å². The number of hydrogen-bond donors (Lipinski definition) is 0. The minimum Gasteiger partial charge on any atom is -1.00 e. The molecule has 0 atom stereocenters. The Morgan fingerprint density at radius 2 is 1.17 bits per heavy atom. The normalized spacial score (nSPS) is 13.4. The van der Waals surface area contributed by atoms with Gasteiger partial charge in [-0.2, -0.15) is 0 Å². The molecule has 0 heterocycles. The summed E-state index contributed by atoms with van der Waals surface area (Å²) in [6.07, 6.45) is 1.17. The minimum atomic E-state index is -1.30. The average Bonchev–Trinajstić information content (AvgIpc) is 2.78. The summed E-state index contributed by atoms with van der Waals surface area (Å²) in [6, 6.07) is 22.2. The third-order valence-corrected chi connectivity index (χ3v) is 9.04. The molecule has 0 N–H and O–H groups in total. The van der Waals surface area contributed by atoms with Crippen molar-refractivity contribution in [2.24, 2.45) is 0 Å². The molecule has 2 aromatic rings. The molecule has 0 aromatic heterocycles. The van der Waals surface area contributed by atoms with Gasteiger partial charge in [0.1, 0.15) is 0 Å². The van der Waals surface area contributed by atoms with Crippen LogP contribution in [0.4, 0.5) is 0 Å². The monoisotopic (exact) mass is 428 g/mol. The number of allylic oxidation sites excluding steroid dienone is 4. The van der Waals surface area contributed by atoms with E-state index < -0.39 is 8.80 Å². The van der Waals surface area contributed by atoms with E-state index in [2.05, 4.69) is 94.9 Å². The maximum atomic E-state index is 2.31. The van der Waals surface area contributed by atoms with Gasteiger partial charge in [-0.25, -0.2) is 0 Å². The van der Waals surface area contributed by atoms with Crippen LogP contribution in [0.1, 0.15) is 20.3 Å². The fraction of sp³-hybridized carbons (Fsp3) is 0.158. The Morgan fingerprint density at radius 1 is 0.750 bits per heavy atom. The van der Waals surface area contributed by atoms with Gasteiger partial charge in [-0.05, 0) is 0 Å². The maximum absolute atomic E-state index is 2.31. The zero-order valence-electron chi connectivity index (χ0n) is 13.7. The van der Waals surface area contributed by atoms with Gasteiger partial charge in [0.2, 0.25) is 0 Å². The van der Waals surface area contributed by atoms with E-state index in [1.807, 2.05) is 0 Å². The molecule has 0 amide bonds. The van der Waals surface area contributed by atoms with Crippen molar-refractivity contribution in [3.8, 4) is 0 Å². The summed E-state index contributed by atoms with van der Waals surface area (Å²) < 4.78 is 1.51. The molecule has 0 nitrogen and oxygen atoms in total. The Labute approximate surface area is 177 Å².